The minimum atomic E-state index is -0.833. The van der Waals surface area contributed by atoms with Crippen LogP contribution in [0.25, 0.3) is 0 Å². The van der Waals surface area contributed by atoms with Gasteiger partial charge in [-0.2, -0.15) is 0 Å². The third-order valence-electron chi connectivity index (χ3n) is 4.75. The molecule has 0 saturated carbocycles. The molecule has 1 unspecified atom stereocenters. The highest BCUT2D eigenvalue weighted by Gasteiger charge is 2.48. The van der Waals surface area contributed by atoms with Crippen LogP contribution in [0.4, 0.5) is 0 Å². The molecule has 1 N–H and O–H groups in total. The molecule has 0 bridgehead atoms. The molecule has 7 nitrogen and oxygen atoms in total. The van der Waals surface area contributed by atoms with Crippen molar-refractivity contribution in [1.82, 2.24) is 14.8 Å². The van der Waals surface area contributed by atoms with E-state index < -0.39 is 11.5 Å². The van der Waals surface area contributed by atoms with Gasteiger partial charge in [0.25, 0.3) is 0 Å². The molecule has 3 heterocycles. The fourth-order valence-corrected chi connectivity index (χ4v) is 3.33. The van der Waals surface area contributed by atoms with Gasteiger partial charge in [-0.1, -0.05) is 6.07 Å². The highest BCUT2D eigenvalue weighted by molar-refractivity contribution is 5.79. The summed E-state index contributed by atoms with van der Waals surface area (Å²) >= 11 is 0. The minimum Gasteiger partial charge on any atom is -0.481 e. The van der Waals surface area contributed by atoms with Gasteiger partial charge in [0, 0.05) is 51.8 Å². The van der Waals surface area contributed by atoms with Crippen molar-refractivity contribution in [1.29, 1.82) is 0 Å². The first-order chi connectivity index (χ1) is 11.1. The summed E-state index contributed by atoms with van der Waals surface area (Å²) in [7, 11) is 1.61. The Morgan fingerprint density at radius 1 is 1.39 bits per heavy atom. The van der Waals surface area contributed by atoms with Crippen LogP contribution in [0, 0.1) is 0 Å². The lowest BCUT2D eigenvalue weighted by atomic mass is 9.95. The summed E-state index contributed by atoms with van der Waals surface area (Å²) in [4.78, 5) is 20.5. The molecule has 23 heavy (non-hydrogen) atoms. The van der Waals surface area contributed by atoms with Crippen molar-refractivity contribution in [2.24, 2.45) is 0 Å². The van der Waals surface area contributed by atoms with E-state index in [0.29, 0.717) is 25.5 Å². The Balaban J connectivity index is 1.59. The first-order valence-corrected chi connectivity index (χ1v) is 7.92. The van der Waals surface area contributed by atoms with Crippen LogP contribution in [0.2, 0.25) is 0 Å². The predicted octanol–water partition coefficient (Wildman–Crippen LogP) is 0.452. The van der Waals surface area contributed by atoms with E-state index in [4.69, 9.17) is 9.47 Å². The molecule has 1 aromatic rings. The van der Waals surface area contributed by atoms with Gasteiger partial charge in [-0.3, -0.25) is 14.6 Å². The van der Waals surface area contributed by atoms with Crippen molar-refractivity contribution in [3.05, 3.63) is 23.9 Å². The standard InChI is InChI=1S/C16H23N3O4/c1-22-14-4-2-3-13(17-14)11-18-6-8-19(9-7-18)16(15(20)21)5-10-23-12-16/h2-4H,5-12H2,1H3,(H,20,21). The van der Waals surface area contributed by atoms with Gasteiger partial charge in [-0.05, 0) is 6.07 Å². The maximum Gasteiger partial charge on any atom is 0.326 e. The summed E-state index contributed by atoms with van der Waals surface area (Å²) < 4.78 is 10.5. The van der Waals surface area contributed by atoms with Crippen LogP contribution in [0.5, 0.6) is 5.88 Å². The van der Waals surface area contributed by atoms with Crippen molar-refractivity contribution in [3.63, 3.8) is 0 Å². The predicted molar refractivity (Wildman–Crippen MR) is 83.4 cm³/mol. The van der Waals surface area contributed by atoms with Gasteiger partial charge in [0.2, 0.25) is 5.88 Å². The Morgan fingerprint density at radius 3 is 2.78 bits per heavy atom. The van der Waals surface area contributed by atoms with Crippen LogP contribution in [0.1, 0.15) is 12.1 Å². The average molecular weight is 321 g/mol. The van der Waals surface area contributed by atoms with Gasteiger partial charge < -0.3 is 14.6 Å². The Morgan fingerprint density at radius 2 is 2.17 bits per heavy atom. The van der Waals surface area contributed by atoms with E-state index in [0.717, 1.165) is 38.4 Å². The van der Waals surface area contributed by atoms with Gasteiger partial charge in [0.15, 0.2) is 0 Å². The maximum absolute atomic E-state index is 11.7. The number of aromatic nitrogens is 1. The molecule has 1 aromatic heterocycles. The molecule has 2 fully saturated rings. The first kappa shape index (κ1) is 16.2. The smallest absolute Gasteiger partial charge is 0.326 e. The molecule has 3 rings (SSSR count). The molecule has 0 aromatic carbocycles. The quantitative estimate of drug-likeness (QED) is 0.844. The molecule has 7 heteroatoms. The van der Waals surface area contributed by atoms with Crippen molar-refractivity contribution in [2.45, 2.75) is 18.5 Å². The number of nitrogens with zero attached hydrogens (tertiary/aromatic N) is 3. The molecule has 0 aliphatic carbocycles. The van der Waals surface area contributed by atoms with Gasteiger partial charge >= 0.3 is 5.97 Å². The van der Waals surface area contributed by atoms with E-state index >= 15 is 0 Å². The van der Waals surface area contributed by atoms with Crippen LogP contribution in [-0.2, 0) is 16.1 Å². The van der Waals surface area contributed by atoms with E-state index in [2.05, 4.69) is 14.8 Å². The van der Waals surface area contributed by atoms with Crippen molar-refractivity contribution < 1.29 is 19.4 Å². The number of piperazine rings is 1. The van der Waals surface area contributed by atoms with Crippen LogP contribution in [0.15, 0.2) is 18.2 Å². The molecule has 2 aliphatic rings. The molecule has 0 radical (unpaired) electrons. The van der Waals surface area contributed by atoms with Gasteiger partial charge in [-0.25, -0.2) is 4.98 Å². The summed E-state index contributed by atoms with van der Waals surface area (Å²) in [5, 5.41) is 9.62. The van der Waals surface area contributed by atoms with Gasteiger partial charge in [-0.15, -0.1) is 0 Å². The van der Waals surface area contributed by atoms with Crippen LogP contribution in [-0.4, -0.2) is 77.9 Å². The molecule has 2 aliphatic heterocycles. The number of aliphatic carboxylic acids is 1. The number of carbonyl (C=O) groups is 1. The number of hydrogen-bond acceptors (Lipinski definition) is 6. The van der Waals surface area contributed by atoms with E-state index in [-0.39, 0.29) is 0 Å². The highest BCUT2D eigenvalue weighted by Crippen LogP contribution is 2.28. The topological polar surface area (TPSA) is 75.1 Å². The number of carboxylic acids is 1. The summed E-state index contributed by atoms with van der Waals surface area (Å²) in [6.45, 7) is 4.70. The molecule has 2 saturated heterocycles. The second kappa shape index (κ2) is 6.82. The molecule has 0 amide bonds. The summed E-state index contributed by atoms with van der Waals surface area (Å²) in [5.41, 5.74) is 0.135. The molecule has 126 valence electrons. The number of carboxylic acid groups (broad SMARTS) is 1. The monoisotopic (exact) mass is 321 g/mol. The summed E-state index contributed by atoms with van der Waals surface area (Å²) in [6.07, 6.45) is 0.569. The van der Waals surface area contributed by atoms with Crippen LogP contribution >= 0.6 is 0 Å². The molecule has 0 spiro atoms. The largest absolute Gasteiger partial charge is 0.481 e. The van der Waals surface area contributed by atoms with Gasteiger partial charge in [0.1, 0.15) is 5.54 Å². The maximum atomic E-state index is 11.7. The van der Waals surface area contributed by atoms with Crippen LogP contribution < -0.4 is 4.74 Å². The van der Waals surface area contributed by atoms with Crippen molar-refractivity contribution in [3.8, 4) is 5.88 Å². The lowest BCUT2D eigenvalue weighted by molar-refractivity contribution is -0.153. The van der Waals surface area contributed by atoms with E-state index in [1.54, 1.807) is 7.11 Å². The Bertz CT molecular complexity index is 552. The fraction of sp³-hybridized carbons (Fsp3) is 0.625. The average Bonchev–Trinajstić information content (AvgIpc) is 3.07. The highest BCUT2D eigenvalue weighted by atomic mass is 16.5. The molecule has 1 atom stereocenters. The third kappa shape index (κ3) is 3.31. The lowest BCUT2D eigenvalue weighted by Gasteiger charge is -2.42. The normalized spacial score (nSPS) is 26.3. The van der Waals surface area contributed by atoms with E-state index in [1.807, 2.05) is 18.2 Å². The number of hydrogen-bond donors (Lipinski definition) is 1. The SMILES string of the molecule is COc1cccc(CN2CCN(C3(C(=O)O)CCOC3)CC2)n1. The number of rotatable bonds is 5. The van der Waals surface area contributed by atoms with Crippen molar-refractivity contribution in [2.75, 3.05) is 46.5 Å². The van der Waals surface area contributed by atoms with Crippen LogP contribution in [0.3, 0.4) is 0 Å². The van der Waals surface area contributed by atoms with Gasteiger partial charge in [0.05, 0.1) is 19.4 Å². The number of ether oxygens (including phenoxy) is 2. The summed E-state index contributed by atoms with van der Waals surface area (Å²) in [5.74, 6) is -0.146. The Hall–Kier alpha value is -1.70. The second-order valence-electron chi connectivity index (χ2n) is 6.07. The minimum absolute atomic E-state index is 0.291. The first-order valence-electron chi connectivity index (χ1n) is 7.92. The van der Waals surface area contributed by atoms with Crippen molar-refractivity contribution >= 4 is 5.97 Å². The Kier molecular flexibility index (Phi) is 4.79. The Labute approximate surface area is 135 Å². The van der Waals surface area contributed by atoms with E-state index in [9.17, 15) is 9.90 Å². The zero-order valence-electron chi connectivity index (χ0n) is 13.4. The number of methoxy groups -OCH3 is 1. The zero-order chi connectivity index (χ0) is 16.3. The summed E-state index contributed by atoms with van der Waals surface area (Å²) in [6, 6.07) is 5.75. The van der Waals surface area contributed by atoms with E-state index in [1.165, 1.54) is 0 Å². The zero-order valence-corrected chi connectivity index (χ0v) is 13.4. The second-order valence-corrected chi connectivity index (χ2v) is 6.07. The lowest BCUT2D eigenvalue weighted by Crippen LogP contribution is -2.61. The number of pyridine rings is 1. The molecular formula is C16H23N3O4. The third-order valence-corrected chi connectivity index (χ3v) is 4.75. The fourth-order valence-electron chi connectivity index (χ4n) is 3.33. The molecular weight excluding hydrogens is 298 g/mol.